The molecule has 1 rings (SSSR count). The van der Waals surface area contributed by atoms with Crippen LogP contribution in [0.1, 0.15) is 42.9 Å². The maximum Gasteiger partial charge on any atom is 0.122 e. The van der Waals surface area contributed by atoms with Crippen LogP contribution in [-0.2, 0) is 6.54 Å². The van der Waals surface area contributed by atoms with Gasteiger partial charge in [0.05, 0.1) is 13.2 Å². The molecule has 1 aromatic carbocycles. The van der Waals surface area contributed by atoms with Crippen molar-refractivity contribution in [3.8, 4) is 11.8 Å². The molecule has 0 bridgehead atoms. The smallest absolute Gasteiger partial charge is 0.122 e. The van der Waals surface area contributed by atoms with Gasteiger partial charge in [-0.3, -0.25) is 0 Å². The first-order chi connectivity index (χ1) is 8.60. The monoisotopic (exact) mass is 246 g/mol. The zero-order chi connectivity index (χ0) is 13.5. The number of benzene rings is 1. The molecule has 1 N–H and O–H groups in total. The van der Waals surface area contributed by atoms with Crippen LogP contribution >= 0.6 is 0 Å². The van der Waals surface area contributed by atoms with Crippen molar-refractivity contribution in [2.75, 3.05) is 13.7 Å². The van der Waals surface area contributed by atoms with Crippen LogP contribution in [0.3, 0.4) is 0 Å². The molecule has 3 heteroatoms. The van der Waals surface area contributed by atoms with Crippen LogP contribution in [0.25, 0.3) is 0 Å². The third-order valence-electron chi connectivity index (χ3n) is 3.04. The highest BCUT2D eigenvalue weighted by Crippen LogP contribution is 2.29. The Balaban J connectivity index is 2.85. The predicted octanol–water partition coefficient (Wildman–Crippen LogP) is 3.13. The van der Waals surface area contributed by atoms with Gasteiger partial charge in [0.25, 0.3) is 0 Å². The van der Waals surface area contributed by atoms with Gasteiger partial charge in [-0.15, -0.1) is 0 Å². The van der Waals surface area contributed by atoms with Crippen molar-refractivity contribution >= 4 is 0 Å². The quantitative estimate of drug-likeness (QED) is 0.784. The zero-order valence-electron chi connectivity index (χ0n) is 11.7. The number of hydrogen-bond donors (Lipinski definition) is 1. The molecule has 0 aliphatic heterocycles. The standard InChI is InChI=1S/C15H22N2O/c1-11(2)14-9-13(10-17-7-5-6-16)12(3)8-15(14)18-4/h8-9,11,17H,5,7,10H2,1-4H3. The summed E-state index contributed by atoms with van der Waals surface area (Å²) >= 11 is 0. The summed E-state index contributed by atoms with van der Waals surface area (Å²) in [6.07, 6.45) is 0.548. The number of nitriles is 1. The molecule has 0 atom stereocenters. The van der Waals surface area contributed by atoms with Crippen molar-refractivity contribution in [2.24, 2.45) is 0 Å². The van der Waals surface area contributed by atoms with Crippen LogP contribution in [0, 0.1) is 18.3 Å². The number of ether oxygens (including phenoxy) is 1. The molecule has 0 spiro atoms. The number of aryl methyl sites for hydroxylation is 1. The molecule has 0 fully saturated rings. The first-order valence-electron chi connectivity index (χ1n) is 6.35. The van der Waals surface area contributed by atoms with Crippen molar-refractivity contribution in [2.45, 2.75) is 39.7 Å². The molecule has 98 valence electrons. The van der Waals surface area contributed by atoms with Crippen LogP contribution < -0.4 is 10.1 Å². The van der Waals surface area contributed by atoms with Crippen LogP contribution in [-0.4, -0.2) is 13.7 Å². The van der Waals surface area contributed by atoms with Crippen molar-refractivity contribution in [3.63, 3.8) is 0 Å². The highest BCUT2D eigenvalue weighted by Gasteiger charge is 2.10. The molecule has 0 saturated carbocycles. The summed E-state index contributed by atoms with van der Waals surface area (Å²) in [7, 11) is 1.71. The van der Waals surface area contributed by atoms with Gasteiger partial charge in [0, 0.05) is 19.5 Å². The third-order valence-corrected chi connectivity index (χ3v) is 3.04. The van der Waals surface area contributed by atoms with E-state index in [0.29, 0.717) is 12.3 Å². The summed E-state index contributed by atoms with van der Waals surface area (Å²) in [5.41, 5.74) is 3.73. The average Bonchev–Trinajstić information content (AvgIpc) is 2.35. The lowest BCUT2D eigenvalue weighted by molar-refractivity contribution is 0.407. The van der Waals surface area contributed by atoms with E-state index in [-0.39, 0.29) is 0 Å². The van der Waals surface area contributed by atoms with Crippen LogP contribution in [0.5, 0.6) is 5.75 Å². The molecule has 0 radical (unpaired) electrons. The fourth-order valence-electron chi connectivity index (χ4n) is 1.93. The van der Waals surface area contributed by atoms with Crippen LogP contribution in [0.4, 0.5) is 0 Å². The summed E-state index contributed by atoms with van der Waals surface area (Å²) in [5.74, 6) is 1.40. The average molecular weight is 246 g/mol. The summed E-state index contributed by atoms with van der Waals surface area (Å²) < 4.78 is 5.42. The van der Waals surface area contributed by atoms with Gasteiger partial charge in [-0.25, -0.2) is 0 Å². The van der Waals surface area contributed by atoms with Crippen LogP contribution in [0.2, 0.25) is 0 Å². The summed E-state index contributed by atoms with van der Waals surface area (Å²) in [4.78, 5) is 0. The Kier molecular flexibility index (Phi) is 5.67. The second-order valence-corrected chi connectivity index (χ2v) is 4.76. The maximum absolute atomic E-state index is 8.50. The van der Waals surface area contributed by atoms with Crippen molar-refractivity contribution in [1.82, 2.24) is 5.32 Å². The van der Waals surface area contributed by atoms with E-state index in [2.05, 4.69) is 44.3 Å². The second-order valence-electron chi connectivity index (χ2n) is 4.76. The molecular weight excluding hydrogens is 224 g/mol. The minimum Gasteiger partial charge on any atom is -0.496 e. The second kappa shape index (κ2) is 7.03. The van der Waals surface area contributed by atoms with E-state index in [9.17, 15) is 0 Å². The molecule has 0 aliphatic rings. The fraction of sp³-hybridized carbons (Fsp3) is 0.533. The molecule has 1 aromatic rings. The lowest BCUT2D eigenvalue weighted by Gasteiger charge is -2.16. The SMILES string of the molecule is COc1cc(C)c(CNCCC#N)cc1C(C)C. The Morgan fingerprint density at radius 3 is 2.67 bits per heavy atom. The van der Waals surface area contributed by atoms with E-state index in [1.54, 1.807) is 7.11 Å². The van der Waals surface area contributed by atoms with Gasteiger partial charge in [0.1, 0.15) is 5.75 Å². The zero-order valence-corrected chi connectivity index (χ0v) is 11.7. The lowest BCUT2D eigenvalue weighted by Crippen LogP contribution is -2.15. The predicted molar refractivity (Wildman–Crippen MR) is 73.8 cm³/mol. The minimum absolute atomic E-state index is 0.443. The highest BCUT2D eigenvalue weighted by atomic mass is 16.5. The van der Waals surface area contributed by atoms with Crippen LogP contribution in [0.15, 0.2) is 12.1 Å². The minimum atomic E-state index is 0.443. The molecule has 0 aromatic heterocycles. The van der Waals surface area contributed by atoms with E-state index in [0.717, 1.165) is 18.8 Å². The van der Waals surface area contributed by atoms with E-state index in [1.807, 2.05) is 0 Å². The fourth-order valence-corrected chi connectivity index (χ4v) is 1.93. The van der Waals surface area contributed by atoms with Gasteiger partial charge < -0.3 is 10.1 Å². The molecule has 0 aliphatic carbocycles. The highest BCUT2D eigenvalue weighted by molar-refractivity contribution is 5.43. The van der Waals surface area contributed by atoms with E-state index < -0.39 is 0 Å². The molecule has 0 heterocycles. The van der Waals surface area contributed by atoms with E-state index in [4.69, 9.17) is 10.00 Å². The van der Waals surface area contributed by atoms with Gasteiger partial charge in [-0.2, -0.15) is 5.26 Å². The van der Waals surface area contributed by atoms with Gasteiger partial charge in [-0.1, -0.05) is 19.9 Å². The molecule has 0 unspecified atom stereocenters. The van der Waals surface area contributed by atoms with Gasteiger partial charge in [0.2, 0.25) is 0 Å². The summed E-state index contributed by atoms with van der Waals surface area (Å²) in [6, 6.07) is 6.43. The van der Waals surface area contributed by atoms with Gasteiger partial charge >= 0.3 is 0 Å². The number of rotatable bonds is 6. The number of methoxy groups -OCH3 is 1. The first-order valence-corrected chi connectivity index (χ1v) is 6.35. The Labute approximate surface area is 110 Å². The topological polar surface area (TPSA) is 45.0 Å². The van der Waals surface area contributed by atoms with E-state index >= 15 is 0 Å². The third kappa shape index (κ3) is 3.75. The lowest BCUT2D eigenvalue weighted by atomic mass is 9.96. The largest absolute Gasteiger partial charge is 0.496 e. The molecular formula is C15H22N2O. The molecule has 3 nitrogen and oxygen atoms in total. The summed E-state index contributed by atoms with van der Waals surface area (Å²) in [6.45, 7) is 7.96. The number of hydrogen-bond acceptors (Lipinski definition) is 3. The summed E-state index contributed by atoms with van der Waals surface area (Å²) in [5, 5.41) is 11.8. The first kappa shape index (κ1) is 14.5. The van der Waals surface area contributed by atoms with Gasteiger partial charge in [0.15, 0.2) is 0 Å². The van der Waals surface area contributed by atoms with Crippen molar-refractivity contribution in [1.29, 1.82) is 5.26 Å². The normalized spacial score (nSPS) is 10.4. The van der Waals surface area contributed by atoms with E-state index in [1.165, 1.54) is 16.7 Å². The molecule has 18 heavy (non-hydrogen) atoms. The maximum atomic E-state index is 8.50. The Morgan fingerprint density at radius 1 is 1.39 bits per heavy atom. The van der Waals surface area contributed by atoms with Crippen molar-refractivity contribution < 1.29 is 4.74 Å². The molecule has 0 saturated heterocycles. The van der Waals surface area contributed by atoms with Crippen molar-refractivity contribution in [3.05, 3.63) is 28.8 Å². The Bertz CT molecular complexity index is 433. The Morgan fingerprint density at radius 2 is 2.11 bits per heavy atom. The molecule has 0 amide bonds. The number of nitrogens with one attached hydrogen (secondary N) is 1. The van der Waals surface area contributed by atoms with Gasteiger partial charge in [-0.05, 0) is 35.6 Å². The number of nitrogens with zero attached hydrogens (tertiary/aromatic N) is 1. The Hall–Kier alpha value is -1.53.